The minimum atomic E-state index is -3.71. The number of hydrogen-bond acceptors (Lipinski definition) is 4. The zero-order valence-corrected chi connectivity index (χ0v) is 13.0. The van der Waals surface area contributed by atoms with Gasteiger partial charge in [-0.05, 0) is 18.2 Å². The molecule has 0 fully saturated rings. The Labute approximate surface area is 131 Å². The van der Waals surface area contributed by atoms with Crippen LogP contribution in [0.3, 0.4) is 0 Å². The molecule has 2 aromatic carbocycles. The van der Waals surface area contributed by atoms with E-state index in [4.69, 9.17) is 11.6 Å². The number of nitrogens with one attached hydrogen (secondary N) is 1. The Hall–Kier alpha value is -1.34. The molecule has 0 aromatic heterocycles. The number of halogens is 1. The first-order valence-electron chi connectivity index (χ1n) is 6.05. The number of ketones is 1. The van der Waals surface area contributed by atoms with E-state index in [9.17, 15) is 13.2 Å². The Morgan fingerprint density at radius 1 is 1.14 bits per heavy atom. The molecule has 1 heterocycles. The molecule has 1 aliphatic rings. The number of hydrogen-bond donors (Lipinski definition) is 1. The van der Waals surface area contributed by atoms with Crippen LogP contribution < -0.4 is 4.72 Å². The van der Waals surface area contributed by atoms with Gasteiger partial charge < -0.3 is 0 Å². The van der Waals surface area contributed by atoms with Crippen molar-refractivity contribution < 1.29 is 13.2 Å². The van der Waals surface area contributed by atoms with E-state index in [1.165, 1.54) is 12.1 Å². The Morgan fingerprint density at radius 3 is 2.57 bits per heavy atom. The lowest BCUT2D eigenvalue weighted by atomic mass is 10.1. The maximum absolute atomic E-state index is 12.4. The highest BCUT2D eigenvalue weighted by molar-refractivity contribution is 8.03. The molecule has 3 rings (SSSR count). The van der Waals surface area contributed by atoms with Gasteiger partial charge in [0.15, 0.2) is 5.78 Å². The molecule has 0 amide bonds. The van der Waals surface area contributed by atoms with Crippen LogP contribution in [0, 0.1) is 0 Å². The molecule has 0 spiro atoms. The van der Waals surface area contributed by atoms with Gasteiger partial charge >= 0.3 is 0 Å². The first-order chi connectivity index (χ1) is 9.97. The molecule has 0 aliphatic carbocycles. The summed E-state index contributed by atoms with van der Waals surface area (Å²) in [7, 11) is -3.71. The SMILES string of the molecule is O=C(c1ccccc1)C1NS(=O)(=O)c2ccc(Cl)cc2S1. The number of Topliss-reactive ketones (excluding diaryl/α,β-unsaturated/α-hetero) is 1. The van der Waals surface area contributed by atoms with Gasteiger partial charge in [-0.1, -0.05) is 53.7 Å². The summed E-state index contributed by atoms with van der Waals surface area (Å²) in [4.78, 5) is 13.0. The number of sulfonamides is 1. The van der Waals surface area contributed by atoms with Gasteiger partial charge in [-0.2, -0.15) is 4.72 Å². The summed E-state index contributed by atoms with van der Waals surface area (Å²) < 4.78 is 26.8. The van der Waals surface area contributed by atoms with Crippen molar-refractivity contribution >= 4 is 39.2 Å². The number of carbonyl (C=O) groups excluding carboxylic acids is 1. The highest BCUT2D eigenvalue weighted by Gasteiger charge is 2.34. The zero-order valence-electron chi connectivity index (χ0n) is 10.6. The molecule has 1 N–H and O–H groups in total. The van der Waals surface area contributed by atoms with E-state index < -0.39 is 15.4 Å². The lowest BCUT2D eigenvalue weighted by molar-refractivity contribution is 0.0985. The van der Waals surface area contributed by atoms with Crippen LogP contribution in [0.4, 0.5) is 0 Å². The van der Waals surface area contributed by atoms with E-state index in [1.54, 1.807) is 36.4 Å². The van der Waals surface area contributed by atoms with Crippen molar-refractivity contribution in [1.82, 2.24) is 4.72 Å². The van der Waals surface area contributed by atoms with E-state index in [1.807, 2.05) is 0 Å². The van der Waals surface area contributed by atoms with Gasteiger partial charge in [-0.3, -0.25) is 4.79 Å². The Balaban J connectivity index is 2.00. The summed E-state index contributed by atoms with van der Waals surface area (Å²) in [5, 5.41) is -0.451. The normalized spacial score (nSPS) is 19.8. The molecule has 1 unspecified atom stereocenters. The predicted octanol–water partition coefficient (Wildman–Crippen LogP) is 2.93. The smallest absolute Gasteiger partial charge is 0.243 e. The van der Waals surface area contributed by atoms with Crippen LogP contribution >= 0.6 is 23.4 Å². The van der Waals surface area contributed by atoms with Crippen LogP contribution in [0.1, 0.15) is 10.4 Å². The monoisotopic (exact) mass is 339 g/mol. The van der Waals surface area contributed by atoms with Gasteiger partial charge in [0.1, 0.15) is 5.37 Å². The highest BCUT2D eigenvalue weighted by atomic mass is 35.5. The van der Waals surface area contributed by atoms with Crippen LogP contribution in [-0.4, -0.2) is 19.6 Å². The molecular weight excluding hydrogens is 330 g/mol. The second-order valence-corrected chi connectivity index (χ2v) is 7.71. The lowest BCUT2D eigenvalue weighted by Crippen LogP contribution is -2.41. The molecule has 2 aromatic rings. The van der Waals surface area contributed by atoms with Crippen molar-refractivity contribution in [3.8, 4) is 0 Å². The number of benzene rings is 2. The third kappa shape index (κ3) is 2.85. The fourth-order valence-corrected chi connectivity index (χ4v) is 5.26. The highest BCUT2D eigenvalue weighted by Crippen LogP contribution is 2.37. The Morgan fingerprint density at radius 2 is 1.86 bits per heavy atom. The van der Waals surface area contributed by atoms with Gasteiger partial charge in [0, 0.05) is 15.5 Å². The molecule has 1 aliphatic heterocycles. The second-order valence-electron chi connectivity index (χ2n) is 4.44. The molecule has 0 bridgehead atoms. The van der Waals surface area contributed by atoms with Crippen molar-refractivity contribution in [2.45, 2.75) is 15.2 Å². The summed E-state index contributed by atoms with van der Waals surface area (Å²) in [5.41, 5.74) is 0.461. The maximum atomic E-state index is 12.4. The molecule has 0 saturated carbocycles. The van der Waals surface area contributed by atoms with Crippen LogP contribution in [-0.2, 0) is 10.0 Å². The summed E-state index contributed by atoms with van der Waals surface area (Å²) in [5.74, 6) is -0.283. The topological polar surface area (TPSA) is 63.2 Å². The number of fused-ring (bicyclic) bond motifs is 1. The number of thioether (sulfide) groups is 1. The predicted molar refractivity (Wildman–Crippen MR) is 82.2 cm³/mol. The van der Waals surface area contributed by atoms with E-state index in [2.05, 4.69) is 4.72 Å². The van der Waals surface area contributed by atoms with Crippen molar-refractivity contribution in [3.05, 3.63) is 59.1 Å². The average molecular weight is 340 g/mol. The second kappa shape index (κ2) is 5.46. The third-order valence-corrected chi connectivity index (χ3v) is 6.15. The average Bonchev–Trinajstić information content (AvgIpc) is 2.46. The van der Waals surface area contributed by atoms with Crippen molar-refractivity contribution in [2.24, 2.45) is 0 Å². The molecular formula is C14H10ClNO3S2. The largest absolute Gasteiger partial charge is 0.291 e. The molecule has 7 heteroatoms. The maximum Gasteiger partial charge on any atom is 0.243 e. The lowest BCUT2D eigenvalue weighted by Gasteiger charge is -2.24. The van der Waals surface area contributed by atoms with Gasteiger partial charge in [0.05, 0.1) is 4.90 Å². The fourth-order valence-electron chi connectivity index (χ4n) is 2.01. The first-order valence-corrected chi connectivity index (χ1v) is 8.79. The van der Waals surface area contributed by atoms with Gasteiger partial charge in [-0.25, -0.2) is 8.42 Å². The van der Waals surface area contributed by atoms with Crippen LogP contribution in [0.2, 0.25) is 5.02 Å². The van der Waals surface area contributed by atoms with E-state index in [0.717, 1.165) is 11.8 Å². The molecule has 1 atom stereocenters. The van der Waals surface area contributed by atoms with E-state index >= 15 is 0 Å². The third-order valence-electron chi connectivity index (χ3n) is 3.00. The summed E-state index contributed by atoms with van der Waals surface area (Å²) in [6.45, 7) is 0. The van der Waals surface area contributed by atoms with Crippen molar-refractivity contribution in [3.63, 3.8) is 0 Å². The minimum Gasteiger partial charge on any atom is -0.291 e. The van der Waals surface area contributed by atoms with E-state index in [0.29, 0.717) is 15.5 Å². The fraction of sp³-hybridized carbons (Fsp3) is 0.0714. The molecule has 0 saturated heterocycles. The van der Waals surface area contributed by atoms with Gasteiger partial charge in [0.25, 0.3) is 0 Å². The van der Waals surface area contributed by atoms with E-state index in [-0.39, 0.29) is 10.7 Å². The number of rotatable bonds is 2. The minimum absolute atomic E-state index is 0.147. The van der Waals surface area contributed by atoms with Crippen LogP contribution in [0.15, 0.2) is 58.3 Å². The number of carbonyl (C=O) groups is 1. The summed E-state index contributed by atoms with van der Waals surface area (Å²) >= 11 is 7.05. The van der Waals surface area contributed by atoms with Crippen LogP contribution in [0.5, 0.6) is 0 Å². The summed E-state index contributed by atoms with van der Waals surface area (Å²) in [6, 6.07) is 13.1. The van der Waals surface area contributed by atoms with Gasteiger partial charge in [-0.15, -0.1) is 0 Å². The standard InChI is InChI=1S/C14H10ClNO3S2/c15-10-6-7-12-11(8-10)20-14(16-21(12,18)19)13(17)9-4-2-1-3-5-9/h1-8,14,16H. The molecule has 0 radical (unpaired) electrons. The Kier molecular flexibility index (Phi) is 3.79. The van der Waals surface area contributed by atoms with Crippen LogP contribution in [0.25, 0.3) is 0 Å². The first kappa shape index (κ1) is 14.6. The zero-order chi connectivity index (χ0) is 15.0. The van der Waals surface area contributed by atoms with Crippen molar-refractivity contribution in [1.29, 1.82) is 0 Å². The Bertz CT molecular complexity index is 806. The molecule has 21 heavy (non-hydrogen) atoms. The molecule has 108 valence electrons. The quantitative estimate of drug-likeness (QED) is 0.854. The van der Waals surface area contributed by atoms with Crippen molar-refractivity contribution in [2.75, 3.05) is 0 Å². The summed E-state index contributed by atoms with van der Waals surface area (Å²) in [6.07, 6.45) is 0. The van der Waals surface area contributed by atoms with Gasteiger partial charge in [0.2, 0.25) is 10.0 Å². The molecule has 4 nitrogen and oxygen atoms in total.